The van der Waals surface area contributed by atoms with E-state index >= 15 is 0 Å². The van der Waals surface area contributed by atoms with Crippen molar-refractivity contribution in [3.8, 4) is 0 Å². The molecule has 1 fully saturated rings. The van der Waals surface area contributed by atoms with E-state index in [-0.39, 0.29) is 29.6 Å². The summed E-state index contributed by atoms with van der Waals surface area (Å²) in [6.07, 6.45) is 4.29. The minimum Gasteiger partial charge on any atom is -0.467 e. The van der Waals surface area contributed by atoms with Crippen LogP contribution in [0.15, 0.2) is 47.1 Å². The number of esters is 1. The van der Waals surface area contributed by atoms with Gasteiger partial charge in [0.1, 0.15) is 5.76 Å². The molecular weight excluding hydrogens is 372 g/mol. The highest BCUT2D eigenvalue weighted by molar-refractivity contribution is 5.94. The van der Waals surface area contributed by atoms with Crippen molar-refractivity contribution in [2.24, 2.45) is 11.8 Å². The highest BCUT2D eigenvalue weighted by atomic mass is 16.5. The van der Waals surface area contributed by atoms with Gasteiger partial charge in [0.2, 0.25) is 11.8 Å². The summed E-state index contributed by atoms with van der Waals surface area (Å²) in [7, 11) is 0. The van der Waals surface area contributed by atoms with Gasteiger partial charge in [-0.15, -0.1) is 0 Å². The van der Waals surface area contributed by atoms with E-state index < -0.39 is 0 Å². The fraction of sp³-hybridized carbons (Fsp3) is 0.409. The lowest BCUT2D eigenvalue weighted by Gasteiger charge is -2.27. The van der Waals surface area contributed by atoms with Crippen LogP contribution in [0.1, 0.15) is 48.7 Å². The van der Waals surface area contributed by atoms with E-state index in [2.05, 4.69) is 10.6 Å². The number of carbonyl (C=O) groups excluding carboxylic acids is 3. The van der Waals surface area contributed by atoms with Crippen LogP contribution in [0.25, 0.3) is 0 Å². The molecule has 3 rings (SSSR count). The molecule has 1 aromatic carbocycles. The van der Waals surface area contributed by atoms with Crippen molar-refractivity contribution in [1.29, 1.82) is 0 Å². The molecule has 7 nitrogen and oxygen atoms in total. The van der Waals surface area contributed by atoms with Crippen LogP contribution >= 0.6 is 0 Å². The standard InChI is InChI=1S/C22H26N2O5/c1-2-28-22(27)17-9-11-18(12-10-17)24-21(26)16-7-5-15(6-8-16)20(25)23-14-19-4-3-13-29-19/h3-4,9-13,15-16H,2,5-8,14H2,1H3,(H,23,25)(H,24,26). The Balaban J connectivity index is 1.43. The Labute approximate surface area is 169 Å². The van der Waals surface area contributed by atoms with Crippen LogP contribution in [-0.2, 0) is 20.9 Å². The Morgan fingerprint density at radius 2 is 1.66 bits per heavy atom. The molecule has 0 bridgehead atoms. The van der Waals surface area contributed by atoms with Crippen LogP contribution in [0.4, 0.5) is 5.69 Å². The minimum atomic E-state index is -0.381. The Bertz CT molecular complexity index is 821. The number of furan rings is 1. The first-order valence-electron chi connectivity index (χ1n) is 9.95. The van der Waals surface area contributed by atoms with E-state index in [1.165, 1.54) is 0 Å². The van der Waals surface area contributed by atoms with Gasteiger partial charge < -0.3 is 19.8 Å². The van der Waals surface area contributed by atoms with Gasteiger partial charge in [0, 0.05) is 17.5 Å². The first-order valence-corrected chi connectivity index (χ1v) is 9.95. The molecule has 0 radical (unpaired) electrons. The molecule has 0 saturated heterocycles. The second-order valence-electron chi connectivity index (χ2n) is 7.13. The predicted octanol–water partition coefficient (Wildman–Crippen LogP) is 3.52. The average molecular weight is 398 g/mol. The fourth-order valence-electron chi connectivity index (χ4n) is 3.50. The smallest absolute Gasteiger partial charge is 0.338 e. The number of nitrogens with one attached hydrogen (secondary N) is 2. The molecule has 1 heterocycles. The summed E-state index contributed by atoms with van der Waals surface area (Å²) in [6.45, 7) is 2.46. The van der Waals surface area contributed by atoms with Gasteiger partial charge in [0.25, 0.3) is 0 Å². The summed E-state index contributed by atoms with van der Waals surface area (Å²) in [6, 6.07) is 10.3. The normalized spacial score (nSPS) is 18.7. The van der Waals surface area contributed by atoms with Crippen molar-refractivity contribution < 1.29 is 23.5 Å². The number of amides is 2. The van der Waals surface area contributed by atoms with Gasteiger partial charge >= 0.3 is 5.97 Å². The first kappa shape index (κ1) is 20.6. The van der Waals surface area contributed by atoms with Crippen molar-refractivity contribution in [2.75, 3.05) is 11.9 Å². The second-order valence-corrected chi connectivity index (χ2v) is 7.13. The number of carbonyl (C=O) groups is 3. The topological polar surface area (TPSA) is 97.6 Å². The summed E-state index contributed by atoms with van der Waals surface area (Å²) < 4.78 is 10.2. The van der Waals surface area contributed by atoms with Crippen LogP contribution in [-0.4, -0.2) is 24.4 Å². The van der Waals surface area contributed by atoms with Gasteiger partial charge in [-0.3, -0.25) is 9.59 Å². The van der Waals surface area contributed by atoms with Gasteiger partial charge in [-0.1, -0.05) is 0 Å². The molecule has 2 N–H and O–H groups in total. The zero-order chi connectivity index (χ0) is 20.6. The lowest BCUT2D eigenvalue weighted by molar-refractivity contribution is -0.128. The maximum atomic E-state index is 12.5. The molecule has 0 spiro atoms. The predicted molar refractivity (Wildman–Crippen MR) is 107 cm³/mol. The van der Waals surface area contributed by atoms with Crippen LogP contribution in [0, 0.1) is 11.8 Å². The van der Waals surface area contributed by atoms with E-state index in [1.54, 1.807) is 43.5 Å². The van der Waals surface area contributed by atoms with E-state index in [0.29, 0.717) is 50.1 Å². The molecule has 2 aromatic rings. The maximum absolute atomic E-state index is 12.5. The Morgan fingerprint density at radius 3 is 2.24 bits per heavy atom. The van der Waals surface area contributed by atoms with Crippen molar-refractivity contribution in [3.05, 3.63) is 54.0 Å². The number of anilines is 1. The third-order valence-corrected chi connectivity index (χ3v) is 5.15. The van der Waals surface area contributed by atoms with Crippen LogP contribution in [0.5, 0.6) is 0 Å². The molecular formula is C22H26N2O5. The van der Waals surface area contributed by atoms with Crippen molar-refractivity contribution in [2.45, 2.75) is 39.2 Å². The Hall–Kier alpha value is -3.09. The maximum Gasteiger partial charge on any atom is 0.338 e. The third-order valence-electron chi connectivity index (χ3n) is 5.15. The van der Waals surface area contributed by atoms with Crippen molar-refractivity contribution >= 4 is 23.5 Å². The monoisotopic (exact) mass is 398 g/mol. The average Bonchev–Trinajstić information content (AvgIpc) is 3.26. The van der Waals surface area contributed by atoms with Gasteiger partial charge in [-0.2, -0.15) is 0 Å². The summed E-state index contributed by atoms with van der Waals surface area (Å²) in [5.41, 5.74) is 1.09. The highest BCUT2D eigenvalue weighted by Crippen LogP contribution is 2.30. The molecule has 1 aliphatic carbocycles. The molecule has 7 heteroatoms. The zero-order valence-corrected chi connectivity index (χ0v) is 16.5. The largest absolute Gasteiger partial charge is 0.467 e. The van der Waals surface area contributed by atoms with Crippen LogP contribution < -0.4 is 10.6 Å². The molecule has 29 heavy (non-hydrogen) atoms. The SMILES string of the molecule is CCOC(=O)c1ccc(NC(=O)C2CCC(C(=O)NCc3ccco3)CC2)cc1. The molecule has 1 aliphatic rings. The summed E-state index contributed by atoms with van der Waals surface area (Å²) in [5.74, 6) is 0.110. The van der Waals surface area contributed by atoms with Gasteiger partial charge in [0.05, 0.1) is 25.0 Å². The quantitative estimate of drug-likeness (QED) is 0.696. The number of rotatable bonds is 7. The molecule has 0 unspecified atom stereocenters. The number of ether oxygens (including phenoxy) is 1. The van der Waals surface area contributed by atoms with E-state index in [1.807, 2.05) is 6.07 Å². The first-order chi connectivity index (χ1) is 14.1. The number of hydrogen-bond acceptors (Lipinski definition) is 5. The van der Waals surface area contributed by atoms with Crippen molar-refractivity contribution in [1.82, 2.24) is 5.32 Å². The molecule has 1 saturated carbocycles. The Kier molecular flexibility index (Phi) is 7.05. The molecule has 1 aromatic heterocycles. The molecule has 2 amide bonds. The zero-order valence-electron chi connectivity index (χ0n) is 16.5. The minimum absolute atomic E-state index is 0.00909. The molecule has 0 aliphatic heterocycles. The van der Waals surface area contributed by atoms with E-state index in [4.69, 9.17) is 9.15 Å². The molecule has 0 atom stereocenters. The van der Waals surface area contributed by atoms with E-state index in [0.717, 1.165) is 5.76 Å². The summed E-state index contributed by atoms with van der Waals surface area (Å²) in [4.78, 5) is 36.5. The van der Waals surface area contributed by atoms with E-state index in [9.17, 15) is 14.4 Å². The van der Waals surface area contributed by atoms with Gasteiger partial charge in [-0.25, -0.2) is 4.79 Å². The summed E-state index contributed by atoms with van der Waals surface area (Å²) in [5, 5.41) is 5.78. The molecule has 154 valence electrons. The number of benzene rings is 1. The van der Waals surface area contributed by atoms with Crippen LogP contribution in [0.2, 0.25) is 0 Å². The highest BCUT2D eigenvalue weighted by Gasteiger charge is 2.30. The number of hydrogen-bond donors (Lipinski definition) is 2. The lowest BCUT2D eigenvalue weighted by atomic mass is 9.81. The van der Waals surface area contributed by atoms with Gasteiger partial charge in [0.15, 0.2) is 0 Å². The summed E-state index contributed by atoms with van der Waals surface area (Å²) >= 11 is 0. The fourth-order valence-corrected chi connectivity index (χ4v) is 3.50. The van der Waals surface area contributed by atoms with Crippen LogP contribution in [0.3, 0.4) is 0 Å². The van der Waals surface area contributed by atoms with Crippen molar-refractivity contribution in [3.63, 3.8) is 0 Å². The third kappa shape index (κ3) is 5.70. The lowest BCUT2D eigenvalue weighted by Crippen LogP contribution is -2.35. The van der Waals surface area contributed by atoms with Gasteiger partial charge in [-0.05, 0) is 69.0 Å². The second kappa shape index (κ2) is 9.91. The Morgan fingerprint density at radius 1 is 1.00 bits per heavy atom.